The zero-order valence-corrected chi connectivity index (χ0v) is 7.53. The van der Waals surface area contributed by atoms with Crippen molar-refractivity contribution in [3.05, 3.63) is 4.91 Å². The summed E-state index contributed by atoms with van der Waals surface area (Å²) in [5.41, 5.74) is 0.0509. The number of rotatable bonds is 2. The van der Waals surface area contributed by atoms with Gasteiger partial charge in [0.05, 0.1) is 5.71 Å². The molecule has 0 aromatic rings. The molecular weight excluding hydrogens is 190 g/mol. The lowest BCUT2D eigenvalue weighted by Gasteiger charge is -1.94. The Kier molecular flexibility index (Phi) is 3.45. The summed E-state index contributed by atoms with van der Waals surface area (Å²) in [4.78, 5) is 12.9. The van der Waals surface area contributed by atoms with Crippen molar-refractivity contribution in [2.75, 3.05) is 7.05 Å². The summed E-state index contributed by atoms with van der Waals surface area (Å²) in [6.07, 6.45) is 0. The first-order valence-electron chi connectivity index (χ1n) is 2.57. The smallest absolute Gasteiger partial charge is 0.273 e. The topological polar surface area (TPSA) is 63.6 Å². The summed E-state index contributed by atoms with van der Waals surface area (Å²) in [6.45, 7) is 1.36. The largest absolute Gasteiger partial charge is 0.291 e. The molecule has 4 nitrogen and oxygen atoms in total. The fraction of sp³-hybridized carbons (Fsp3) is 0.400. The van der Waals surface area contributed by atoms with E-state index in [1.807, 2.05) is 0 Å². The molecule has 0 rings (SSSR count). The Balaban J connectivity index is 5.24. The van der Waals surface area contributed by atoms with E-state index < -0.39 is 14.0 Å². The summed E-state index contributed by atoms with van der Waals surface area (Å²) in [5.74, 6) is 1.21. The molecule has 0 saturated carbocycles. The number of aliphatic imine (C=N–C) groups is 1. The lowest BCUT2D eigenvalue weighted by atomic mass is 10.4. The summed E-state index contributed by atoms with van der Waals surface area (Å²) in [6, 6.07) is 0. The van der Waals surface area contributed by atoms with E-state index in [0.717, 1.165) is 0 Å². The average molecular weight is 196 g/mol. The minimum Gasteiger partial charge on any atom is -0.291 e. The first-order valence-corrected chi connectivity index (χ1v) is 4.88. The molecule has 0 amide bonds. The maximum atomic E-state index is 10.5. The van der Waals surface area contributed by atoms with Crippen LogP contribution in [0.2, 0.25) is 0 Å². The number of hydrogen-bond donors (Lipinski definition) is 0. The molecule has 0 aromatic heterocycles. The van der Waals surface area contributed by atoms with Crippen LogP contribution in [-0.2, 0) is 13.8 Å². The van der Waals surface area contributed by atoms with Gasteiger partial charge in [0, 0.05) is 17.7 Å². The summed E-state index contributed by atoms with van der Waals surface area (Å²) in [7, 11) is 2.23. The van der Waals surface area contributed by atoms with Gasteiger partial charge in [-0.2, -0.15) is 0 Å². The van der Waals surface area contributed by atoms with Crippen LogP contribution in [0.1, 0.15) is 6.92 Å². The van der Waals surface area contributed by atoms with Crippen molar-refractivity contribution < 1.29 is 13.2 Å². The van der Waals surface area contributed by atoms with Gasteiger partial charge < -0.3 is 0 Å². The minimum atomic E-state index is -3.99. The van der Waals surface area contributed by atoms with Crippen LogP contribution < -0.4 is 0 Å². The van der Waals surface area contributed by atoms with Gasteiger partial charge in [-0.05, 0) is 6.92 Å². The third-order valence-corrected chi connectivity index (χ3v) is 2.33. The second kappa shape index (κ2) is 3.67. The van der Waals surface area contributed by atoms with E-state index >= 15 is 0 Å². The van der Waals surface area contributed by atoms with Crippen LogP contribution in [0.5, 0.6) is 0 Å². The molecule has 0 N–H and O–H groups in total. The molecule has 0 aliphatic carbocycles. The van der Waals surface area contributed by atoms with Crippen LogP contribution in [0.25, 0.3) is 0 Å². The van der Waals surface area contributed by atoms with Crippen LogP contribution in [0.15, 0.2) is 9.90 Å². The highest BCUT2D eigenvalue weighted by molar-refractivity contribution is 8.17. The second-order valence-electron chi connectivity index (χ2n) is 1.68. The molecule has 0 saturated heterocycles. The second-order valence-corrected chi connectivity index (χ2v) is 4.18. The normalized spacial score (nSPS) is 12.5. The molecule has 0 atom stereocenters. The van der Waals surface area contributed by atoms with Gasteiger partial charge in [-0.25, -0.2) is 13.2 Å². The zero-order valence-electron chi connectivity index (χ0n) is 5.96. The summed E-state index contributed by atoms with van der Waals surface area (Å²) >= 11 is 0. The van der Waals surface area contributed by atoms with Crippen molar-refractivity contribution in [2.24, 2.45) is 4.99 Å². The van der Waals surface area contributed by atoms with Gasteiger partial charge in [0.25, 0.3) is 9.05 Å². The first kappa shape index (κ1) is 10.4. The number of carbonyl (C=O) groups excluding carboxylic acids is 1. The predicted octanol–water partition coefficient (Wildman–Crippen LogP) is 0.361. The Morgan fingerprint density at radius 2 is 2.00 bits per heavy atom. The van der Waals surface area contributed by atoms with Crippen LogP contribution in [-0.4, -0.2) is 27.1 Å². The Bertz CT molecular complexity index is 324. The van der Waals surface area contributed by atoms with Gasteiger partial charge in [-0.15, -0.1) is 0 Å². The highest BCUT2D eigenvalue weighted by Gasteiger charge is 2.17. The third-order valence-electron chi connectivity index (χ3n) is 1.00. The molecule has 0 aliphatic heterocycles. The molecule has 0 radical (unpaired) electrons. The standard InChI is InChI=1S/C5H6ClNO3S/c1-4(7-2)5(3-8)11(6,9)10/h1-2H3/b7-4-. The number of nitrogens with zero attached hydrogens (tertiary/aromatic N) is 1. The first-order chi connectivity index (χ1) is 4.93. The monoisotopic (exact) mass is 195 g/mol. The Labute approximate surface area is 69.0 Å². The van der Waals surface area contributed by atoms with Crippen LogP contribution in [0.3, 0.4) is 0 Å². The van der Waals surface area contributed by atoms with Gasteiger partial charge in [-0.1, -0.05) is 0 Å². The molecule has 0 fully saturated rings. The van der Waals surface area contributed by atoms with Gasteiger partial charge in [-0.3, -0.25) is 4.99 Å². The van der Waals surface area contributed by atoms with Crippen LogP contribution in [0.4, 0.5) is 0 Å². The fourth-order valence-electron chi connectivity index (χ4n) is 0.402. The summed E-state index contributed by atoms with van der Waals surface area (Å²) < 4.78 is 21.1. The molecule has 6 heteroatoms. The van der Waals surface area contributed by atoms with Crippen LogP contribution in [0, 0.1) is 0 Å². The molecule has 0 heterocycles. The van der Waals surface area contributed by atoms with Gasteiger partial charge in [0.15, 0.2) is 4.91 Å². The SMILES string of the molecule is C/N=C(/C)C(=C=O)S(=O)(=O)Cl. The van der Waals surface area contributed by atoms with E-state index in [2.05, 4.69) is 4.99 Å². The fourth-order valence-corrected chi connectivity index (χ4v) is 1.37. The molecule has 62 valence electrons. The Morgan fingerprint density at radius 1 is 1.55 bits per heavy atom. The molecular formula is C5H6ClNO3S. The lowest BCUT2D eigenvalue weighted by molar-refractivity contribution is 0.568. The van der Waals surface area contributed by atoms with E-state index in [0.29, 0.717) is 0 Å². The van der Waals surface area contributed by atoms with Crippen LogP contribution >= 0.6 is 10.7 Å². The highest BCUT2D eigenvalue weighted by Crippen LogP contribution is 2.09. The van der Waals surface area contributed by atoms with Gasteiger partial charge in [0.1, 0.15) is 5.94 Å². The van der Waals surface area contributed by atoms with Crippen molar-refractivity contribution in [3.63, 3.8) is 0 Å². The Morgan fingerprint density at radius 3 is 2.09 bits per heavy atom. The molecule has 0 unspecified atom stereocenters. The van der Waals surface area contributed by atoms with Gasteiger partial charge in [0.2, 0.25) is 0 Å². The van der Waals surface area contributed by atoms with E-state index in [-0.39, 0.29) is 5.71 Å². The van der Waals surface area contributed by atoms with Crippen molar-refractivity contribution in [3.8, 4) is 0 Å². The Hall–Kier alpha value is -0.640. The lowest BCUT2D eigenvalue weighted by Crippen LogP contribution is -2.05. The maximum Gasteiger partial charge on any atom is 0.273 e. The molecule has 0 spiro atoms. The minimum absolute atomic E-state index is 0.0509. The van der Waals surface area contributed by atoms with Crippen molar-refractivity contribution in [2.45, 2.75) is 6.92 Å². The summed E-state index contributed by atoms with van der Waals surface area (Å²) in [5, 5.41) is 0. The number of halogens is 1. The number of hydrogen-bond acceptors (Lipinski definition) is 4. The average Bonchev–Trinajstić information content (AvgIpc) is 1.86. The number of allylic oxidation sites excluding steroid dienone is 1. The van der Waals surface area contributed by atoms with E-state index in [1.54, 1.807) is 0 Å². The zero-order chi connectivity index (χ0) is 9.07. The van der Waals surface area contributed by atoms with Crippen molar-refractivity contribution in [1.82, 2.24) is 0 Å². The maximum absolute atomic E-state index is 10.5. The highest BCUT2D eigenvalue weighted by atomic mass is 35.7. The van der Waals surface area contributed by atoms with Crippen molar-refractivity contribution >= 4 is 31.4 Å². The predicted molar refractivity (Wildman–Crippen MR) is 43.0 cm³/mol. The molecule has 0 aromatic carbocycles. The molecule has 0 bridgehead atoms. The van der Waals surface area contributed by atoms with E-state index in [4.69, 9.17) is 10.7 Å². The van der Waals surface area contributed by atoms with Gasteiger partial charge >= 0.3 is 0 Å². The van der Waals surface area contributed by atoms with E-state index in [9.17, 15) is 13.2 Å². The van der Waals surface area contributed by atoms with Crippen molar-refractivity contribution in [1.29, 1.82) is 0 Å². The molecule has 0 aliphatic rings. The third kappa shape index (κ3) is 2.84. The quantitative estimate of drug-likeness (QED) is 0.363. The molecule has 11 heavy (non-hydrogen) atoms. The van der Waals surface area contributed by atoms with E-state index in [1.165, 1.54) is 19.9 Å².